The van der Waals surface area contributed by atoms with Crippen LogP contribution >= 0.6 is 23.1 Å². The summed E-state index contributed by atoms with van der Waals surface area (Å²) in [5.74, 6) is 2.97. The van der Waals surface area contributed by atoms with Gasteiger partial charge < -0.3 is 10.1 Å². The molecule has 0 atom stereocenters. The van der Waals surface area contributed by atoms with Gasteiger partial charge in [-0.05, 0) is 42.5 Å². The van der Waals surface area contributed by atoms with Gasteiger partial charge in [-0.3, -0.25) is 0 Å². The predicted molar refractivity (Wildman–Crippen MR) is 104 cm³/mol. The molecule has 0 aliphatic carbocycles. The zero-order valence-electron chi connectivity index (χ0n) is 14.1. The Morgan fingerprint density at radius 2 is 1.96 bits per heavy atom. The number of rotatable bonds is 10. The van der Waals surface area contributed by atoms with Gasteiger partial charge in [0, 0.05) is 30.1 Å². The normalized spacial score (nSPS) is 10.7. The van der Waals surface area contributed by atoms with Crippen molar-refractivity contribution in [1.29, 1.82) is 0 Å². The summed E-state index contributed by atoms with van der Waals surface area (Å²) in [5, 5.41) is 6.18. The molecule has 8 heteroatoms. The van der Waals surface area contributed by atoms with Gasteiger partial charge in [-0.1, -0.05) is 0 Å². The number of benzene rings is 1. The maximum Gasteiger partial charge on any atom is 0.222 e. The van der Waals surface area contributed by atoms with Gasteiger partial charge in [0.25, 0.3) is 0 Å². The molecule has 3 aromatic rings. The molecular weight excluding hydrogens is 371 g/mol. The van der Waals surface area contributed by atoms with Crippen molar-refractivity contribution in [2.45, 2.75) is 18.8 Å². The highest BCUT2D eigenvalue weighted by Gasteiger charge is 2.04. The molecule has 5 nitrogen and oxygen atoms in total. The zero-order chi connectivity index (χ0) is 18.0. The van der Waals surface area contributed by atoms with E-state index in [9.17, 15) is 4.39 Å². The summed E-state index contributed by atoms with van der Waals surface area (Å²) in [4.78, 5) is 12.8. The van der Waals surface area contributed by atoms with E-state index >= 15 is 0 Å². The second-order valence-electron chi connectivity index (χ2n) is 5.38. The van der Waals surface area contributed by atoms with E-state index in [1.807, 2.05) is 11.8 Å². The quantitative estimate of drug-likeness (QED) is 0.518. The number of nitrogens with zero attached hydrogens (tertiary/aromatic N) is 3. The molecular formula is C18H19FN4OS2. The molecule has 2 aromatic heterocycles. The molecule has 0 radical (unpaired) electrons. The van der Waals surface area contributed by atoms with Crippen molar-refractivity contribution in [3.63, 3.8) is 0 Å². The number of hydrogen-bond donors (Lipinski definition) is 1. The fourth-order valence-electron chi connectivity index (χ4n) is 2.10. The van der Waals surface area contributed by atoms with Crippen LogP contribution < -0.4 is 10.1 Å². The van der Waals surface area contributed by atoms with Crippen LogP contribution in [0.4, 0.5) is 10.3 Å². The van der Waals surface area contributed by atoms with E-state index in [4.69, 9.17) is 4.74 Å². The number of nitrogens with one attached hydrogen (secondary N) is 1. The van der Waals surface area contributed by atoms with Crippen molar-refractivity contribution in [2.24, 2.45) is 0 Å². The van der Waals surface area contributed by atoms with E-state index in [0.29, 0.717) is 18.3 Å². The molecule has 0 unspecified atom stereocenters. The summed E-state index contributed by atoms with van der Waals surface area (Å²) in [5.41, 5.74) is 1.07. The smallest absolute Gasteiger partial charge is 0.222 e. The van der Waals surface area contributed by atoms with Crippen LogP contribution in [0.25, 0.3) is 0 Å². The van der Waals surface area contributed by atoms with Crippen LogP contribution in [0.5, 0.6) is 5.75 Å². The van der Waals surface area contributed by atoms with Crippen LogP contribution in [0.1, 0.15) is 17.1 Å². The second-order valence-corrected chi connectivity index (χ2v) is 7.43. The number of thioether (sulfide) groups is 1. The van der Waals surface area contributed by atoms with Crippen molar-refractivity contribution in [3.05, 3.63) is 64.6 Å². The number of halogens is 1. The molecule has 1 aromatic carbocycles. The maximum absolute atomic E-state index is 12.9. The summed E-state index contributed by atoms with van der Waals surface area (Å²) in [6, 6.07) is 7.81. The van der Waals surface area contributed by atoms with Gasteiger partial charge in [-0.15, -0.1) is 11.3 Å². The summed E-state index contributed by atoms with van der Waals surface area (Å²) in [6.45, 7) is 1.26. The van der Waals surface area contributed by atoms with Gasteiger partial charge in [0.2, 0.25) is 5.95 Å². The average molecular weight is 391 g/mol. The van der Waals surface area contributed by atoms with Crippen LogP contribution in [0.3, 0.4) is 0 Å². The fourth-order valence-corrected chi connectivity index (χ4v) is 3.76. The van der Waals surface area contributed by atoms with Gasteiger partial charge in [-0.25, -0.2) is 19.3 Å². The van der Waals surface area contributed by atoms with Crippen LogP contribution in [0, 0.1) is 5.82 Å². The van der Waals surface area contributed by atoms with Gasteiger partial charge in [0.15, 0.2) is 0 Å². The Bertz CT molecular complexity index is 783. The highest BCUT2D eigenvalue weighted by molar-refractivity contribution is 7.98. The molecule has 0 aliphatic rings. The van der Waals surface area contributed by atoms with Gasteiger partial charge >= 0.3 is 0 Å². The molecule has 0 aliphatic heterocycles. The third-order valence-electron chi connectivity index (χ3n) is 3.34. The highest BCUT2D eigenvalue weighted by Crippen LogP contribution is 2.19. The highest BCUT2D eigenvalue weighted by atomic mass is 32.2. The summed E-state index contributed by atoms with van der Waals surface area (Å²) >= 11 is 3.44. The SMILES string of the molecule is Fc1ccc(OCc2nc(CSCCCNc3ncccn3)cs2)cc1. The van der Waals surface area contributed by atoms with E-state index < -0.39 is 0 Å². The van der Waals surface area contributed by atoms with Crippen LogP contribution in [0.2, 0.25) is 0 Å². The lowest BCUT2D eigenvalue weighted by molar-refractivity contribution is 0.305. The van der Waals surface area contributed by atoms with Crippen LogP contribution in [0.15, 0.2) is 48.1 Å². The maximum atomic E-state index is 12.9. The van der Waals surface area contributed by atoms with Crippen molar-refractivity contribution in [3.8, 4) is 5.75 Å². The molecule has 26 heavy (non-hydrogen) atoms. The third-order valence-corrected chi connectivity index (χ3v) is 5.29. The van der Waals surface area contributed by atoms with Gasteiger partial charge in [-0.2, -0.15) is 11.8 Å². The largest absolute Gasteiger partial charge is 0.486 e. The Balaban J connectivity index is 1.30. The summed E-state index contributed by atoms with van der Waals surface area (Å²) in [7, 11) is 0. The fraction of sp³-hybridized carbons (Fsp3) is 0.278. The second kappa shape index (κ2) is 10.1. The molecule has 0 amide bonds. The first-order chi connectivity index (χ1) is 12.8. The molecule has 0 saturated heterocycles. The van der Waals surface area contributed by atoms with E-state index in [0.717, 1.165) is 35.2 Å². The van der Waals surface area contributed by atoms with E-state index in [1.54, 1.807) is 41.9 Å². The Morgan fingerprint density at radius 1 is 1.15 bits per heavy atom. The Labute approximate surface area is 160 Å². The molecule has 136 valence electrons. The lowest BCUT2D eigenvalue weighted by Crippen LogP contribution is -2.05. The van der Waals surface area contributed by atoms with Crippen molar-refractivity contribution in [1.82, 2.24) is 15.0 Å². The summed E-state index contributed by atoms with van der Waals surface area (Å²) < 4.78 is 18.5. The first kappa shape index (κ1) is 18.6. The Hall–Kier alpha value is -2.19. The summed E-state index contributed by atoms with van der Waals surface area (Å²) in [6.07, 6.45) is 4.49. The average Bonchev–Trinajstić information content (AvgIpc) is 3.13. The minimum Gasteiger partial charge on any atom is -0.486 e. The predicted octanol–water partition coefficient (Wildman–Crippen LogP) is 4.39. The van der Waals surface area contributed by atoms with Crippen LogP contribution in [-0.4, -0.2) is 27.2 Å². The van der Waals surface area contributed by atoms with Crippen molar-refractivity contribution < 1.29 is 9.13 Å². The van der Waals surface area contributed by atoms with Crippen molar-refractivity contribution in [2.75, 3.05) is 17.6 Å². The minimum absolute atomic E-state index is 0.266. The van der Waals surface area contributed by atoms with Crippen LogP contribution in [-0.2, 0) is 12.4 Å². The zero-order valence-corrected chi connectivity index (χ0v) is 15.7. The van der Waals surface area contributed by atoms with Crippen molar-refractivity contribution >= 4 is 29.0 Å². The first-order valence-corrected chi connectivity index (χ1v) is 10.2. The monoisotopic (exact) mass is 390 g/mol. The minimum atomic E-state index is -0.266. The standard InChI is InChI=1S/C18H19FN4OS2/c19-14-3-5-16(6-4-14)24-11-17-23-15(13-26-17)12-25-10-2-9-22-18-20-7-1-8-21-18/h1,3-8,13H,2,9-12H2,(H,20,21,22). The molecule has 0 spiro atoms. The van der Waals surface area contributed by atoms with E-state index in [1.165, 1.54) is 12.1 Å². The number of anilines is 1. The van der Waals surface area contributed by atoms with E-state index in [2.05, 4.69) is 25.6 Å². The molecule has 3 rings (SSSR count). The van der Waals surface area contributed by atoms with Gasteiger partial charge in [0.05, 0.1) is 5.69 Å². The molecule has 0 saturated carbocycles. The lowest BCUT2D eigenvalue weighted by atomic mass is 10.3. The number of aromatic nitrogens is 3. The lowest BCUT2D eigenvalue weighted by Gasteiger charge is -2.04. The molecule has 2 heterocycles. The topological polar surface area (TPSA) is 59.9 Å². The Kier molecular flexibility index (Phi) is 7.21. The van der Waals surface area contributed by atoms with E-state index in [-0.39, 0.29) is 5.82 Å². The Morgan fingerprint density at radius 3 is 2.77 bits per heavy atom. The first-order valence-electron chi connectivity index (χ1n) is 8.20. The van der Waals surface area contributed by atoms with Gasteiger partial charge in [0.1, 0.15) is 23.2 Å². The molecule has 0 bridgehead atoms. The third kappa shape index (κ3) is 6.27. The number of thiazole rings is 1. The number of ether oxygens (including phenoxy) is 1. The molecule has 1 N–H and O–H groups in total. The number of hydrogen-bond acceptors (Lipinski definition) is 7. The molecule has 0 fully saturated rings.